The Balaban J connectivity index is 1.39. The van der Waals surface area contributed by atoms with Crippen molar-refractivity contribution in [2.75, 3.05) is 44.2 Å². The molecule has 0 aliphatic carbocycles. The number of carbonyl (C=O) groups is 1. The molecular formula is C27H41BF3N3O5. The summed E-state index contributed by atoms with van der Waals surface area (Å²) in [5.74, 6) is -0.251. The highest BCUT2D eigenvalue weighted by Crippen LogP contribution is 2.38. The van der Waals surface area contributed by atoms with E-state index in [0.717, 1.165) is 25.9 Å². The zero-order valence-corrected chi connectivity index (χ0v) is 24.1. The molecular weight excluding hydrogens is 514 g/mol. The molecule has 3 heterocycles. The van der Waals surface area contributed by atoms with Crippen molar-refractivity contribution in [1.29, 1.82) is 0 Å². The lowest BCUT2D eigenvalue weighted by Crippen LogP contribution is -2.55. The molecule has 1 aromatic rings. The summed E-state index contributed by atoms with van der Waals surface area (Å²) in [4.78, 5) is 18.4. The van der Waals surface area contributed by atoms with Crippen LogP contribution in [0.4, 0.5) is 23.7 Å². The molecule has 3 saturated heterocycles. The molecule has 0 unspecified atom stereocenters. The second-order valence-corrected chi connectivity index (χ2v) is 12.6. The van der Waals surface area contributed by atoms with Gasteiger partial charge in [-0.1, -0.05) is 6.07 Å². The van der Waals surface area contributed by atoms with Crippen LogP contribution in [0.25, 0.3) is 0 Å². The van der Waals surface area contributed by atoms with Gasteiger partial charge in [-0.2, -0.15) is 0 Å². The van der Waals surface area contributed by atoms with Crippen molar-refractivity contribution >= 4 is 24.4 Å². The molecule has 0 bridgehead atoms. The number of hydrogen-bond donors (Lipinski definition) is 0. The van der Waals surface area contributed by atoms with E-state index in [4.69, 9.17) is 14.0 Å². The summed E-state index contributed by atoms with van der Waals surface area (Å²) in [7, 11) is -0.787. The van der Waals surface area contributed by atoms with Gasteiger partial charge in [0.25, 0.3) is 0 Å². The Morgan fingerprint density at radius 2 is 1.51 bits per heavy atom. The fourth-order valence-corrected chi connectivity index (χ4v) is 5.19. The Morgan fingerprint density at radius 3 is 2.03 bits per heavy atom. The summed E-state index contributed by atoms with van der Waals surface area (Å²) in [6.07, 6.45) is -3.51. The van der Waals surface area contributed by atoms with E-state index in [0.29, 0.717) is 43.4 Å². The van der Waals surface area contributed by atoms with Crippen LogP contribution in [0.2, 0.25) is 0 Å². The number of halogens is 3. The summed E-state index contributed by atoms with van der Waals surface area (Å²) in [5.41, 5.74) is -0.864. The Morgan fingerprint density at radius 1 is 0.949 bits per heavy atom. The predicted octanol–water partition coefficient (Wildman–Crippen LogP) is 4.41. The van der Waals surface area contributed by atoms with Crippen LogP contribution in [-0.4, -0.2) is 91.5 Å². The average Bonchev–Trinajstić information content (AvgIpc) is 3.04. The van der Waals surface area contributed by atoms with Crippen LogP contribution in [0.15, 0.2) is 18.2 Å². The number of rotatable bonds is 4. The van der Waals surface area contributed by atoms with E-state index < -0.39 is 30.3 Å². The largest absolute Gasteiger partial charge is 0.573 e. The molecule has 4 rings (SSSR count). The number of nitrogens with zero attached hydrogens (tertiary/aromatic N) is 3. The van der Waals surface area contributed by atoms with E-state index in [1.807, 2.05) is 53.4 Å². The van der Waals surface area contributed by atoms with E-state index in [-0.39, 0.29) is 11.8 Å². The molecule has 3 aliphatic heterocycles. The number of amides is 1. The Labute approximate surface area is 229 Å². The lowest BCUT2D eigenvalue weighted by Gasteiger charge is -2.43. The maximum absolute atomic E-state index is 13.4. The van der Waals surface area contributed by atoms with Crippen LogP contribution in [0.3, 0.4) is 0 Å². The van der Waals surface area contributed by atoms with Gasteiger partial charge >= 0.3 is 19.6 Å². The van der Waals surface area contributed by atoms with Crippen molar-refractivity contribution in [3.8, 4) is 5.75 Å². The van der Waals surface area contributed by atoms with Gasteiger partial charge in [0.1, 0.15) is 5.60 Å². The summed E-state index contributed by atoms with van der Waals surface area (Å²) in [6.45, 7) is 17.0. The Bertz CT molecular complexity index is 1010. The Kier molecular flexibility index (Phi) is 8.15. The highest BCUT2D eigenvalue weighted by Gasteiger charge is 2.52. The van der Waals surface area contributed by atoms with Gasteiger partial charge in [-0.25, -0.2) is 4.79 Å². The molecule has 39 heavy (non-hydrogen) atoms. The van der Waals surface area contributed by atoms with Gasteiger partial charge in [0.2, 0.25) is 0 Å². The number of anilines is 1. The quantitative estimate of drug-likeness (QED) is 0.511. The maximum atomic E-state index is 13.4. The number of ether oxygens (including phenoxy) is 2. The van der Waals surface area contributed by atoms with Crippen LogP contribution in [0, 0.1) is 0 Å². The molecule has 8 nitrogen and oxygen atoms in total. The summed E-state index contributed by atoms with van der Waals surface area (Å²) in [5, 5.41) is 0. The van der Waals surface area contributed by atoms with Crippen LogP contribution in [-0.2, 0) is 14.0 Å². The predicted molar refractivity (Wildman–Crippen MR) is 143 cm³/mol. The molecule has 1 amide bonds. The van der Waals surface area contributed by atoms with Crippen molar-refractivity contribution in [2.45, 2.75) is 90.5 Å². The van der Waals surface area contributed by atoms with E-state index in [1.165, 1.54) is 6.07 Å². The second kappa shape index (κ2) is 10.7. The van der Waals surface area contributed by atoms with Gasteiger partial charge in [-0.05, 0) is 78.9 Å². The molecule has 1 aromatic carbocycles. The van der Waals surface area contributed by atoms with E-state index in [1.54, 1.807) is 17.0 Å². The fourth-order valence-electron chi connectivity index (χ4n) is 5.19. The van der Waals surface area contributed by atoms with E-state index in [9.17, 15) is 18.0 Å². The molecule has 12 heteroatoms. The molecule has 3 fully saturated rings. The van der Waals surface area contributed by atoms with Crippen LogP contribution in [0.1, 0.15) is 61.3 Å². The number of piperidine rings is 1. The molecule has 0 spiro atoms. The molecule has 0 N–H and O–H groups in total. The van der Waals surface area contributed by atoms with Crippen molar-refractivity contribution < 1.29 is 36.7 Å². The van der Waals surface area contributed by atoms with Crippen molar-refractivity contribution in [3.63, 3.8) is 0 Å². The van der Waals surface area contributed by atoms with Crippen LogP contribution in [0.5, 0.6) is 5.75 Å². The first kappa shape index (κ1) is 29.8. The average molecular weight is 555 g/mol. The lowest BCUT2D eigenvalue weighted by atomic mass is 9.79. The minimum absolute atomic E-state index is 0.251. The first-order chi connectivity index (χ1) is 17.9. The summed E-state index contributed by atoms with van der Waals surface area (Å²) in [6, 6.07) is 5.11. The minimum Gasteiger partial charge on any atom is -0.444 e. The number of carbonyl (C=O) groups excluding carboxylic acids is 1. The van der Waals surface area contributed by atoms with Gasteiger partial charge in [-0.15, -0.1) is 13.2 Å². The van der Waals surface area contributed by atoms with E-state index in [2.05, 4.69) is 9.64 Å². The second-order valence-electron chi connectivity index (χ2n) is 12.6. The third-order valence-electron chi connectivity index (χ3n) is 8.02. The lowest BCUT2D eigenvalue weighted by molar-refractivity contribution is -0.274. The smallest absolute Gasteiger partial charge is 0.444 e. The minimum atomic E-state index is -4.82. The molecule has 0 atom stereocenters. The zero-order valence-electron chi connectivity index (χ0n) is 24.1. The fraction of sp³-hybridized carbons (Fsp3) is 0.741. The van der Waals surface area contributed by atoms with Gasteiger partial charge in [0.15, 0.2) is 5.75 Å². The molecule has 0 aromatic heterocycles. The van der Waals surface area contributed by atoms with Gasteiger partial charge < -0.3 is 28.6 Å². The highest BCUT2D eigenvalue weighted by atomic mass is 19.4. The molecule has 0 radical (unpaired) electrons. The van der Waals surface area contributed by atoms with Crippen molar-refractivity contribution in [2.24, 2.45) is 0 Å². The van der Waals surface area contributed by atoms with Gasteiger partial charge in [0.05, 0.1) is 16.9 Å². The van der Waals surface area contributed by atoms with Crippen molar-refractivity contribution in [1.82, 2.24) is 9.80 Å². The number of piperazine rings is 1. The van der Waals surface area contributed by atoms with Crippen LogP contribution >= 0.6 is 0 Å². The standard InChI is InChI=1S/C27H41BF3N3O5/c1-24(2,3)37-23(35)34-16-14-32(15-17-34)20-10-12-33(13-11-20)21-9-8-19(18-22(21)36-27(29,30)31)28-38-25(4,5)26(6,7)39-28/h8-9,18,20H,10-17H2,1-7H3. The van der Waals surface area contributed by atoms with Gasteiger partial charge in [0, 0.05) is 45.3 Å². The monoisotopic (exact) mass is 555 g/mol. The SMILES string of the molecule is CC(C)(C)OC(=O)N1CCN(C2CCN(c3ccc(B4OC(C)(C)C(C)(C)O4)cc3OC(F)(F)F)CC2)CC1. The summed E-state index contributed by atoms with van der Waals surface area (Å²) >= 11 is 0. The number of hydrogen-bond acceptors (Lipinski definition) is 7. The third kappa shape index (κ3) is 7.13. The summed E-state index contributed by atoms with van der Waals surface area (Å²) < 4.78 is 62.2. The molecule has 0 saturated carbocycles. The normalized spacial score (nSPS) is 22.8. The molecule has 218 valence electrons. The first-order valence-corrected chi connectivity index (χ1v) is 13.7. The van der Waals surface area contributed by atoms with Crippen molar-refractivity contribution in [3.05, 3.63) is 18.2 Å². The maximum Gasteiger partial charge on any atom is 0.573 e. The zero-order chi connectivity index (χ0) is 28.8. The molecule has 3 aliphatic rings. The van der Waals surface area contributed by atoms with E-state index >= 15 is 0 Å². The number of alkyl halides is 3. The van der Waals surface area contributed by atoms with Crippen LogP contribution < -0.4 is 15.1 Å². The highest BCUT2D eigenvalue weighted by molar-refractivity contribution is 6.62. The Hall–Kier alpha value is -2.18. The third-order valence-corrected chi connectivity index (χ3v) is 8.02. The first-order valence-electron chi connectivity index (χ1n) is 13.7. The van der Waals surface area contributed by atoms with Gasteiger partial charge in [-0.3, -0.25) is 4.90 Å². The topological polar surface area (TPSA) is 63.7 Å². The number of benzene rings is 1.